The summed E-state index contributed by atoms with van der Waals surface area (Å²) >= 11 is 1.94. The summed E-state index contributed by atoms with van der Waals surface area (Å²) in [5.74, 6) is 1.32. The molecule has 0 aliphatic carbocycles. The molecule has 0 heterocycles. The zero-order valence-corrected chi connectivity index (χ0v) is 7.91. The molecular formula is C9H18S. The van der Waals surface area contributed by atoms with Gasteiger partial charge < -0.3 is 0 Å². The second-order valence-corrected chi connectivity index (χ2v) is 3.35. The van der Waals surface area contributed by atoms with Crippen molar-refractivity contribution >= 4 is 11.8 Å². The molecule has 0 aliphatic rings. The highest BCUT2D eigenvalue weighted by atomic mass is 32.2. The Morgan fingerprint density at radius 2 is 2.00 bits per heavy atom. The number of rotatable bonds is 6. The third-order valence-electron chi connectivity index (χ3n) is 1.37. The minimum absolute atomic E-state index is 1.18. The number of allylic oxidation sites excluding steroid dienone is 2. The van der Waals surface area contributed by atoms with Gasteiger partial charge in [-0.25, -0.2) is 0 Å². The van der Waals surface area contributed by atoms with E-state index in [1.165, 1.54) is 31.4 Å². The van der Waals surface area contributed by atoms with Crippen LogP contribution in [0.15, 0.2) is 12.2 Å². The Kier molecular flexibility index (Phi) is 9.17. The molecular weight excluding hydrogens is 140 g/mol. The molecule has 0 bridgehead atoms. The van der Waals surface area contributed by atoms with Gasteiger partial charge in [-0.3, -0.25) is 0 Å². The molecule has 0 spiro atoms. The molecule has 0 saturated carbocycles. The van der Waals surface area contributed by atoms with Crippen molar-refractivity contribution in [3.05, 3.63) is 12.2 Å². The Balaban J connectivity index is 2.83. The van der Waals surface area contributed by atoms with Crippen LogP contribution in [0.5, 0.6) is 0 Å². The van der Waals surface area contributed by atoms with Gasteiger partial charge in [-0.15, -0.1) is 0 Å². The van der Waals surface area contributed by atoms with Crippen molar-refractivity contribution in [3.8, 4) is 0 Å². The Bertz CT molecular complexity index is 76.8. The van der Waals surface area contributed by atoms with Gasteiger partial charge >= 0.3 is 0 Å². The molecule has 0 radical (unpaired) electrons. The fourth-order valence-corrected chi connectivity index (χ4v) is 1.29. The molecule has 0 amide bonds. The molecule has 0 atom stereocenters. The van der Waals surface area contributed by atoms with E-state index in [9.17, 15) is 0 Å². The van der Waals surface area contributed by atoms with Gasteiger partial charge in [0.25, 0.3) is 0 Å². The Morgan fingerprint density at radius 1 is 1.20 bits per heavy atom. The maximum absolute atomic E-state index is 2.29. The summed E-state index contributed by atoms with van der Waals surface area (Å²) in [5.41, 5.74) is 0. The third kappa shape index (κ3) is 8.09. The van der Waals surface area contributed by atoms with E-state index in [0.29, 0.717) is 0 Å². The normalized spacial score (nSPS) is 11.0. The van der Waals surface area contributed by atoms with E-state index in [1.807, 2.05) is 11.8 Å². The molecule has 0 aromatic heterocycles. The molecule has 0 saturated heterocycles. The highest BCUT2D eigenvalue weighted by molar-refractivity contribution is 7.98. The molecule has 0 fully saturated rings. The van der Waals surface area contributed by atoms with Gasteiger partial charge in [0.2, 0.25) is 0 Å². The number of hydrogen-bond donors (Lipinski definition) is 0. The lowest BCUT2D eigenvalue weighted by Gasteiger charge is -1.92. The smallest absolute Gasteiger partial charge is 0.00702 e. The van der Waals surface area contributed by atoms with E-state index in [4.69, 9.17) is 0 Å². The van der Waals surface area contributed by atoms with Crippen LogP contribution in [0.4, 0.5) is 0 Å². The first kappa shape index (κ1) is 10.1. The lowest BCUT2D eigenvalue weighted by Crippen LogP contribution is -1.76. The van der Waals surface area contributed by atoms with Gasteiger partial charge in [0.15, 0.2) is 0 Å². The van der Waals surface area contributed by atoms with Crippen LogP contribution in [0.25, 0.3) is 0 Å². The quantitative estimate of drug-likeness (QED) is 0.421. The molecule has 0 aromatic carbocycles. The number of unbranched alkanes of at least 4 members (excludes halogenated alkanes) is 2. The van der Waals surface area contributed by atoms with Crippen LogP contribution in [0.2, 0.25) is 0 Å². The second-order valence-electron chi connectivity index (χ2n) is 2.37. The predicted molar refractivity (Wildman–Crippen MR) is 51.7 cm³/mol. The summed E-state index contributed by atoms with van der Waals surface area (Å²) in [6.07, 6.45) is 11.9. The minimum Gasteiger partial charge on any atom is -0.165 e. The number of thioether (sulfide) groups is 1. The molecule has 60 valence electrons. The van der Waals surface area contributed by atoms with E-state index in [2.05, 4.69) is 25.3 Å². The number of hydrogen-bond acceptors (Lipinski definition) is 1. The highest BCUT2D eigenvalue weighted by Gasteiger charge is 1.82. The Hall–Kier alpha value is 0.0900. The van der Waals surface area contributed by atoms with Crippen LogP contribution in [-0.2, 0) is 0 Å². The largest absolute Gasteiger partial charge is 0.165 e. The molecule has 0 aromatic rings. The summed E-state index contributed by atoms with van der Waals surface area (Å²) in [5, 5.41) is 0. The fraction of sp³-hybridized carbons (Fsp3) is 0.778. The van der Waals surface area contributed by atoms with Crippen molar-refractivity contribution in [2.75, 3.05) is 12.0 Å². The standard InChI is InChI=1S/C9H18S/c1-3-4-5-6-7-8-9-10-2/h4-5H,3,6-9H2,1-2H3. The first-order valence-electron chi connectivity index (χ1n) is 4.05. The first-order chi connectivity index (χ1) is 4.91. The maximum Gasteiger partial charge on any atom is -0.00702 e. The van der Waals surface area contributed by atoms with Crippen molar-refractivity contribution in [1.82, 2.24) is 0 Å². The summed E-state index contributed by atoms with van der Waals surface area (Å²) in [6.45, 7) is 2.18. The molecule has 0 aliphatic heterocycles. The van der Waals surface area contributed by atoms with Gasteiger partial charge in [0, 0.05) is 0 Å². The lowest BCUT2D eigenvalue weighted by molar-refractivity contribution is 0.821. The maximum atomic E-state index is 2.29. The average molecular weight is 158 g/mol. The second kappa shape index (κ2) is 9.09. The molecule has 0 rings (SSSR count). The fourth-order valence-electron chi connectivity index (χ4n) is 0.793. The molecule has 10 heavy (non-hydrogen) atoms. The van der Waals surface area contributed by atoms with Crippen LogP contribution in [-0.4, -0.2) is 12.0 Å². The van der Waals surface area contributed by atoms with Gasteiger partial charge in [0.1, 0.15) is 0 Å². The highest BCUT2D eigenvalue weighted by Crippen LogP contribution is 2.02. The summed E-state index contributed by atoms with van der Waals surface area (Å²) < 4.78 is 0. The SMILES string of the molecule is CCC=CCCCCSC. The van der Waals surface area contributed by atoms with Gasteiger partial charge in [-0.1, -0.05) is 19.1 Å². The van der Waals surface area contributed by atoms with Crippen molar-refractivity contribution in [2.24, 2.45) is 0 Å². The van der Waals surface area contributed by atoms with Crippen molar-refractivity contribution in [2.45, 2.75) is 32.6 Å². The van der Waals surface area contributed by atoms with E-state index >= 15 is 0 Å². The lowest BCUT2D eigenvalue weighted by atomic mass is 10.2. The van der Waals surface area contributed by atoms with E-state index in [1.54, 1.807) is 0 Å². The molecule has 0 unspecified atom stereocenters. The molecule has 0 nitrogen and oxygen atoms in total. The van der Waals surface area contributed by atoms with Gasteiger partial charge in [-0.2, -0.15) is 11.8 Å². The Morgan fingerprint density at radius 3 is 2.60 bits per heavy atom. The van der Waals surface area contributed by atoms with Gasteiger partial charge in [0.05, 0.1) is 0 Å². The van der Waals surface area contributed by atoms with Crippen LogP contribution in [0, 0.1) is 0 Å². The average Bonchev–Trinajstić information content (AvgIpc) is 1.97. The van der Waals surface area contributed by atoms with Crippen LogP contribution < -0.4 is 0 Å². The van der Waals surface area contributed by atoms with E-state index in [-0.39, 0.29) is 0 Å². The monoisotopic (exact) mass is 158 g/mol. The Labute approximate surface area is 69.1 Å². The van der Waals surface area contributed by atoms with Crippen LogP contribution in [0.1, 0.15) is 32.6 Å². The molecule has 0 N–H and O–H groups in total. The van der Waals surface area contributed by atoms with E-state index in [0.717, 1.165) is 0 Å². The topological polar surface area (TPSA) is 0 Å². The first-order valence-corrected chi connectivity index (χ1v) is 5.45. The molecule has 1 heteroatoms. The van der Waals surface area contributed by atoms with Crippen molar-refractivity contribution in [3.63, 3.8) is 0 Å². The summed E-state index contributed by atoms with van der Waals surface area (Å²) in [6, 6.07) is 0. The minimum atomic E-state index is 1.18. The zero-order chi connectivity index (χ0) is 7.66. The summed E-state index contributed by atoms with van der Waals surface area (Å²) in [7, 11) is 0. The third-order valence-corrected chi connectivity index (χ3v) is 2.07. The van der Waals surface area contributed by atoms with E-state index < -0.39 is 0 Å². The van der Waals surface area contributed by atoms with Crippen molar-refractivity contribution in [1.29, 1.82) is 0 Å². The van der Waals surface area contributed by atoms with Gasteiger partial charge in [-0.05, 0) is 37.7 Å². The summed E-state index contributed by atoms with van der Waals surface area (Å²) in [4.78, 5) is 0. The zero-order valence-electron chi connectivity index (χ0n) is 7.10. The van der Waals surface area contributed by atoms with Crippen LogP contribution >= 0.6 is 11.8 Å². The van der Waals surface area contributed by atoms with Crippen molar-refractivity contribution < 1.29 is 0 Å². The predicted octanol–water partition coefficient (Wildman–Crippen LogP) is 3.49. The van der Waals surface area contributed by atoms with Crippen LogP contribution in [0.3, 0.4) is 0 Å².